The van der Waals surface area contributed by atoms with Crippen LogP contribution in [-0.2, 0) is 20.9 Å². The summed E-state index contributed by atoms with van der Waals surface area (Å²) in [4.78, 5) is 35.2. The van der Waals surface area contributed by atoms with Crippen molar-refractivity contribution >= 4 is 17.8 Å². The third-order valence-corrected chi connectivity index (χ3v) is 2.93. The van der Waals surface area contributed by atoms with Crippen LogP contribution in [0.25, 0.3) is 0 Å². The summed E-state index contributed by atoms with van der Waals surface area (Å²) < 4.78 is 18.1. The van der Waals surface area contributed by atoms with Gasteiger partial charge in [-0.2, -0.15) is 0 Å². The molecular formula is C13H12FNO4. The predicted molar refractivity (Wildman–Crippen MR) is 62.5 cm³/mol. The predicted octanol–water partition coefficient (Wildman–Crippen LogP) is 1.26. The quantitative estimate of drug-likeness (QED) is 0.609. The van der Waals surface area contributed by atoms with E-state index in [4.69, 9.17) is 0 Å². The topological polar surface area (TPSA) is 63.7 Å². The van der Waals surface area contributed by atoms with E-state index in [9.17, 15) is 18.8 Å². The molecule has 0 aromatic heterocycles. The highest BCUT2D eigenvalue weighted by Crippen LogP contribution is 2.18. The van der Waals surface area contributed by atoms with Gasteiger partial charge >= 0.3 is 5.97 Å². The molecule has 0 unspecified atom stereocenters. The Kier molecular flexibility index (Phi) is 3.59. The Morgan fingerprint density at radius 1 is 1.32 bits per heavy atom. The van der Waals surface area contributed by atoms with Gasteiger partial charge in [0.2, 0.25) is 11.8 Å². The van der Waals surface area contributed by atoms with Crippen LogP contribution in [0.2, 0.25) is 0 Å². The van der Waals surface area contributed by atoms with E-state index in [-0.39, 0.29) is 36.8 Å². The number of benzene rings is 1. The van der Waals surface area contributed by atoms with Crippen LogP contribution in [-0.4, -0.2) is 29.8 Å². The molecule has 19 heavy (non-hydrogen) atoms. The first-order valence-corrected chi connectivity index (χ1v) is 5.73. The van der Waals surface area contributed by atoms with Crippen molar-refractivity contribution < 1.29 is 23.5 Å². The van der Waals surface area contributed by atoms with E-state index in [0.717, 1.165) is 18.1 Å². The van der Waals surface area contributed by atoms with Crippen molar-refractivity contribution in [2.75, 3.05) is 7.11 Å². The van der Waals surface area contributed by atoms with Gasteiger partial charge in [-0.05, 0) is 17.7 Å². The van der Waals surface area contributed by atoms with Gasteiger partial charge in [-0.1, -0.05) is 6.07 Å². The summed E-state index contributed by atoms with van der Waals surface area (Å²) in [6.07, 6.45) is 0.392. The molecule has 5 nitrogen and oxygen atoms in total. The van der Waals surface area contributed by atoms with E-state index in [1.54, 1.807) is 0 Å². The van der Waals surface area contributed by atoms with Gasteiger partial charge in [0.1, 0.15) is 5.82 Å². The smallest absolute Gasteiger partial charge is 0.340 e. The lowest BCUT2D eigenvalue weighted by Gasteiger charge is -2.14. The number of nitrogens with zero attached hydrogens (tertiary/aromatic N) is 1. The number of hydrogen-bond donors (Lipinski definition) is 0. The second kappa shape index (κ2) is 5.17. The number of esters is 1. The van der Waals surface area contributed by atoms with Crippen molar-refractivity contribution in [3.63, 3.8) is 0 Å². The Hall–Kier alpha value is -2.24. The lowest BCUT2D eigenvalue weighted by molar-refractivity contribution is -0.139. The third kappa shape index (κ3) is 2.62. The summed E-state index contributed by atoms with van der Waals surface area (Å²) in [5.74, 6) is -2.02. The Labute approximate surface area is 109 Å². The average molecular weight is 265 g/mol. The van der Waals surface area contributed by atoms with Crippen LogP contribution >= 0.6 is 0 Å². The Morgan fingerprint density at radius 3 is 2.47 bits per heavy atom. The standard InChI is InChI=1S/C13H12FNO4/c1-19-13(18)9-3-2-8(6-10(9)14)7-15-11(16)4-5-12(15)17/h2-3,6H,4-5,7H2,1H3. The summed E-state index contributed by atoms with van der Waals surface area (Å²) in [6, 6.07) is 3.90. The molecular weight excluding hydrogens is 253 g/mol. The zero-order valence-electron chi connectivity index (χ0n) is 10.3. The average Bonchev–Trinajstić information content (AvgIpc) is 2.70. The van der Waals surface area contributed by atoms with Gasteiger partial charge in [0.15, 0.2) is 0 Å². The highest BCUT2D eigenvalue weighted by atomic mass is 19.1. The van der Waals surface area contributed by atoms with Gasteiger partial charge in [-0.15, -0.1) is 0 Å². The molecule has 0 aliphatic carbocycles. The molecule has 1 heterocycles. The number of halogens is 1. The normalized spacial score (nSPS) is 14.9. The maximum atomic E-state index is 13.7. The van der Waals surface area contributed by atoms with Crippen molar-refractivity contribution in [3.05, 3.63) is 35.1 Å². The van der Waals surface area contributed by atoms with Crippen LogP contribution in [0.3, 0.4) is 0 Å². The van der Waals surface area contributed by atoms with E-state index >= 15 is 0 Å². The second-order valence-electron chi connectivity index (χ2n) is 4.18. The number of rotatable bonds is 3. The minimum absolute atomic E-state index is 0.0238. The molecule has 0 saturated carbocycles. The molecule has 1 saturated heterocycles. The van der Waals surface area contributed by atoms with Gasteiger partial charge in [0, 0.05) is 12.8 Å². The van der Waals surface area contributed by atoms with E-state index in [1.807, 2.05) is 0 Å². The molecule has 100 valence electrons. The first-order chi connectivity index (χ1) is 9.02. The zero-order valence-corrected chi connectivity index (χ0v) is 10.3. The van der Waals surface area contributed by atoms with Crippen LogP contribution in [0, 0.1) is 5.82 Å². The number of likely N-dealkylation sites (tertiary alicyclic amines) is 1. The highest BCUT2D eigenvalue weighted by molar-refractivity contribution is 6.01. The fraction of sp³-hybridized carbons (Fsp3) is 0.308. The fourth-order valence-electron chi connectivity index (χ4n) is 1.91. The number of imide groups is 1. The van der Waals surface area contributed by atoms with Gasteiger partial charge in [0.05, 0.1) is 19.2 Å². The minimum Gasteiger partial charge on any atom is -0.465 e. The van der Waals surface area contributed by atoms with Crippen molar-refractivity contribution in [3.8, 4) is 0 Å². The largest absolute Gasteiger partial charge is 0.465 e. The molecule has 0 N–H and O–H groups in total. The van der Waals surface area contributed by atoms with Crippen LogP contribution in [0.1, 0.15) is 28.8 Å². The number of methoxy groups -OCH3 is 1. The van der Waals surface area contributed by atoms with Crippen molar-refractivity contribution in [2.45, 2.75) is 19.4 Å². The maximum Gasteiger partial charge on any atom is 0.340 e. The number of carbonyl (C=O) groups is 3. The van der Waals surface area contributed by atoms with E-state index in [2.05, 4.69) is 4.74 Å². The SMILES string of the molecule is COC(=O)c1ccc(CN2C(=O)CCC2=O)cc1F. The molecule has 0 atom stereocenters. The van der Waals surface area contributed by atoms with Crippen LogP contribution < -0.4 is 0 Å². The molecule has 1 aliphatic heterocycles. The monoisotopic (exact) mass is 265 g/mol. The molecule has 2 amide bonds. The molecule has 0 spiro atoms. The second-order valence-corrected chi connectivity index (χ2v) is 4.18. The van der Waals surface area contributed by atoms with Gasteiger partial charge in [-0.3, -0.25) is 14.5 Å². The van der Waals surface area contributed by atoms with Crippen LogP contribution in [0.4, 0.5) is 4.39 Å². The molecule has 2 rings (SSSR count). The van der Waals surface area contributed by atoms with Gasteiger partial charge < -0.3 is 4.74 Å². The third-order valence-electron chi connectivity index (χ3n) is 2.93. The van der Waals surface area contributed by atoms with E-state index in [1.165, 1.54) is 12.1 Å². The molecule has 1 aromatic rings. The lowest BCUT2D eigenvalue weighted by atomic mass is 10.1. The molecule has 0 radical (unpaired) electrons. The maximum absolute atomic E-state index is 13.7. The first-order valence-electron chi connectivity index (χ1n) is 5.73. The lowest BCUT2D eigenvalue weighted by Crippen LogP contribution is -2.28. The van der Waals surface area contributed by atoms with Crippen molar-refractivity contribution in [1.29, 1.82) is 0 Å². The Bertz CT molecular complexity index is 540. The number of hydrogen-bond acceptors (Lipinski definition) is 4. The number of ether oxygens (including phenoxy) is 1. The summed E-state index contributed by atoms with van der Waals surface area (Å²) in [5.41, 5.74) is 0.277. The summed E-state index contributed by atoms with van der Waals surface area (Å²) in [5, 5.41) is 0. The molecule has 1 aromatic carbocycles. The summed E-state index contributed by atoms with van der Waals surface area (Å²) in [6.45, 7) is 0.0238. The molecule has 0 bridgehead atoms. The minimum atomic E-state index is -0.766. The Morgan fingerprint density at radius 2 is 1.95 bits per heavy atom. The Balaban J connectivity index is 2.19. The molecule has 1 fully saturated rings. The number of amides is 2. The van der Waals surface area contributed by atoms with Gasteiger partial charge in [0.25, 0.3) is 0 Å². The van der Waals surface area contributed by atoms with Crippen LogP contribution in [0.15, 0.2) is 18.2 Å². The number of carbonyl (C=O) groups excluding carboxylic acids is 3. The fourth-order valence-corrected chi connectivity index (χ4v) is 1.91. The van der Waals surface area contributed by atoms with E-state index < -0.39 is 11.8 Å². The van der Waals surface area contributed by atoms with Gasteiger partial charge in [-0.25, -0.2) is 9.18 Å². The van der Waals surface area contributed by atoms with Crippen molar-refractivity contribution in [2.24, 2.45) is 0 Å². The van der Waals surface area contributed by atoms with Crippen LogP contribution in [0.5, 0.6) is 0 Å². The first kappa shape index (κ1) is 13.2. The zero-order chi connectivity index (χ0) is 14.0. The summed E-state index contributed by atoms with van der Waals surface area (Å²) in [7, 11) is 1.16. The molecule has 1 aliphatic rings. The van der Waals surface area contributed by atoms with E-state index in [0.29, 0.717) is 5.56 Å². The van der Waals surface area contributed by atoms with Crippen molar-refractivity contribution in [1.82, 2.24) is 4.90 Å². The highest BCUT2D eigenvalue weighted by Gasteiger charge is 2.28. The molecule has 6 heteroatoms. The summed E-state index contributed by atoms with van der Waals surface area (Å²) >= 11 is 0.